The fourth-order valence-corrected chi connectivity index (χ4v) is 6.10. The maximum Gasteiger partial charge on any atom is 0.161 e. The van der Waals surface area contributed by atoms with Gasteiger partial charge in [0.25, 0.3) is 0 Å². The molecule has 0 heterocycles. The molecular weight excluding hydrogens is 436 g/mol. The second-order valence-corrected chi connectivity index (χ2v) is 9.35. The monoisotopic (exact) mass is 464 g/mol. The Hall–Kier alpha value is -3.92. The summed E-state index contributed by atoms with van der Waals surface area (Å²) in [6, 6.07) is 22.1. The van der Waals surface area contributed by atoms with Crippen molar-refractivity contribution in [2.24, 2.45) is 0 Å². The second kappa shape index (κ2) is 7.54. The number of methoxy groups -OCH3 is 4. The predicted molar refractivity (Wildman–Crippen MR) is 138 cm³/mol. The predicted octanol–water partition coefficient (Wildman–Crippen LogP) is 6.68. The van der Waals surface area contributed by atoms with Crippen molar-refractivity contribution in [3.63, 3.8) is 0 Å². The molecule has 0 bridgehead atoms. The van der Waals surface area contributed by atoms with Crippen LogP contribution in [0, 0.1) is 13.8 Å². The molecule has 1 spiro atoms. The molecule has 0 saturated carbocycles. The zero-order valence-electron chi connectivity index (χ0n) is 20.9. The van der Waals surface area contributed by atoms with Crippen LogP contribution >= 0.6 is 0 Å². The van der Waals surface area contributed by atoms with E-state index in [4.69, 9.17) is 18.9 Å². The molecule has 6 rings (SSSR count). The van der Waals surface area contributed by atoms with Crippen molar-refractivity contribution in [3.05, 3.63) is 94.0 Å². The van der Waals surface area contributed by atoms with Gasteiger partial charge in [0, 0.05) is 0 Å². The first-order valence-electron chi connectivity index (χ1n) is 11.7. The van der Waals surface area contributed by atoms with Crippen molar-refractivity contribution in [1.29, 1.82) is 0 Å². The molecule has 35 heavy (non-hydrogen) atoms. The maximum atomic E-state index is 5.80. The van der Waals surface area contributed by atoms with Crippen molar-refractivity contribution in [3.8, 4) is 45.3 Å². The van der Waals surface area contributed by atoms with Gasteiger partial charge in [0.15, 0.2) is 23.0 Å². The van der Waals surface area contributed by atoms with Crippen LogP contribution in [0.1, 0.15) is 33.4 Å². The summed E-state index contributed by atoms with van der Waals surface area (Å²) in [4.78, 5) is 0. The molecule has 0 unspecified atom stereocenters. The number of fused-ring (bicyclic) bond motifs is 10. The summed E-state index contributed by atoms with van der Waals surface area (Å²) in [7, 11) is 6.74. The number of ether oxygens (including phenoxy) is 4. The number of rotatable bonds is 4. The minimum absolute atomic E-state index is 0.507. The van der Waals surface area contributed by atoms with Crippen LogP contribution in [0.25, 0.3) is 22.3 Å². The number of aryl methyl sites for hydroxylation is 2. The fraction of sp³-hybridized carbons (Fsp3) is 0.226. The van der Waals surface area contributed by atoms with E-state index in [0.717, 1.165) is 11.1 Å². The lowest BCUT2D eigenvalue weighted by Crippen LogP contribution is -2.26. The molecule has 0 aliphatic heterocycles. The Balaban J connectivity index is 1.85. The van der Waals surface area contributed by atoms with Gasteiger partial charge in [-0.3, -0.25) is 0 Å². The van der Waals surface area contributed by atoms with Crippen LogP contribution in [0.15, 0.2) is 60.7 Å². The van der Waals surface area contributed by atoms with Gasteiger partial charge in [-0.15, -0.1) is 0 Å². The zero-order chi connectivity index (χ0) is 24.5. The molecule has 0 radical (unpaired) electrons. The quantitative estimate of drug-likeness (QED) is 0.292. The van der Waals surface area contributed by atoms with Crippen LogP contribution in [0.4, 0.5) is 0 Å². The maximum absolute atomic E-state index is 5.80. The van der Waals surface area contributed by atoms with Crippen LogP contribution in [-0.2, 0) is 5.41 Å². The number of benzene rings is 4. The summed E-state index contributed by atoms with van der Waals surface area (Å²) in [6.07, 6.45) is 0. The Morgan fingerprint density at radius 2 is 0.771 bits per heavy atom. The fourth-order valence-electron chi connectivity index (χ4n) is 6.10. The van der Waals surface area contributed by atoms with Crippen molar-refractivity contribution < 1.29 is 18.9 Å². The molecule has 4 nitrogen and oxygen atoms in total. The van der Waals surface area contributed by atoms with Crippen LogP contribution in [0.3, 0.4) is 0 Å². The van der Waals surface area contributed by atoms with E-state index in [2.05, 4.69) is 74.5 Å². The van der Waals surface area contributed by atoms with E-state index in [-0.39, 0.29) is 0 Å². The lowest BCUT2D eigenvalue weighted by molar-refractivity contribution is 0.354. The summed E-state index contributed by atoms with van der Waals surface area (Å²) in [5.74, 6) is 2.84. The van der Waals surface area contributed by atoms with Gasteiger partial charge >= 0.3 is 0 Å². The van der Waals surface area contributed by atoms with E-state index in [1.54, 1.807) is 28.4 Å². The molecule has 176 valence electrons. The van der Waals surface area contributed by atoms with Crippen LogP contribution in [0.2, 0.25) is 0 Å². The largest absolute Gasteiger partial charge is 0.493 e. The first kappa shape index (κ1) is 21.6. The van der Waals surface area contributed by atoms with Gasteiger partial charge in [-0.25, -0.2) is 0 Å². The summed E-state index contributed by atoms with van der Waals surface area (Å²) < 4.78 is 23.1. The molecule has 0 N–H and O–H groups in total. The van der Waals surface area contributed by atoms with Gasteiger partial charge in [0.2, 0.25) is 0 Å². The summed E-state index contributed by atoms with van der Waals surface area (Å²) in [5, 5.41) is 0. The third-order valence-electron chi connectivity index (χ3n) is 7.59. The number of hydrogen-bond acceptors (Lipinski definition) is 4. The number of hydrogen-bond donors (Lipinski definition) is 0. The standard InChI is InChI=1S/C31H28O4/c1-17-7-9-19-20-10-8-18(2)12-24(20)31(23(19)11-17)25-15-29(34-5)27(32-3)13-21(25)22-14-28(33-4)30(35-6)16-26(22)31/h7-16H,1-6H3. The lowest BCUT2D eigenvalue weighted by Gasteiger charge is -2.31. The highest BCUT2D eigenvalue weighted by Gasteiger charge is 2.52. The normalized spacial score (nSPS) is 13.7. The molecule has 0 fully saturated rings. The molecular formula is C31H28O4. The Labute approximate surface area is 206 Å². The first-order valence-corrected chi connectivity index (χ1v) is 11.7. The summed E-state index contributed by atoms with van der Waals surface area (Å²) >= 11 is 0. The van der Waals surface area contributed by atoms with Crippen molar-refractivity contribution >= 4 is 0 Å². The van der Waals surface area contributed by atoms with E-state index in [1.807, 2.05) is 0 Å². The topological polar surface area (TPSA) is 36.9 Å². The average Bonchev–Trinajstić information content (AvgIpc) is 3.31. The van der Waals surface area contributed by atoms with Gasteiger partial charge in [-0.1, -0.05) is 47.5 Å². The smallest absolute Gasteiger partial charge is 0.161 e. The van der Waals surface area contributed by atoms with Gasteiger partial charge in [0.05, 0.1) is 33.9 Å². The minimum atomic E-state index is -0.507. The van der Waals surface area contributed by atoms with E-state index >= 15 is 0 Å². The van der Waals surface area contributed by atoms with Crippen molar-refractivity contribution in [1.82, 2.24) is 0 Å². The summed E-state index contributed by atoms with van der Waals surface area (Å²) in [5.41, 5.74) is 11.6. The van der Waals surface area contributed by atoms with E-state index in [9.17, 15) is 0 Å². The molecule has 4 aromatic carbocycles. The highest BCUT2D eigenvalue weighted by atomic mass is 16.5. The average molecular weight is 465 g/mol. The minimum Gasteiger partial charge on any atom is -0.493 e. The SMILES string of the molecule is COc1cc2c(cc1OC)C1(c3cc(C)ccc3-c3ccc(C)cc31)c1cc(OC)c(OC)cc1-2. The molecule has 2 aliphatic carbocycles. The molecule has 2 aliphatic rings. The van der Waals surface area contributed by atoms with Crippen LogP contribution in [-0.4, -0.2) is 28.4 Å². The zero-order valence-corrected chi connectivity index (χ0v) is 20.9. The van der Waals surface area contributed by atoms with Crippen LogP contribution in [0.5, 0.6) is 23.0 Å². The third kappa shape index (κ3) is 2.68. The summed E-state index contributed by atoms with van der Waals surface area (Å²) in [6.45, 7) is 4.31. The van der Waals surface area contributed by atoms with Gasteiger partial charge in [-0.2, -0.15) is 0 Å². The molecule has 0 atom stereocenters. The highest BCUT2D eigenvalue weighted by Crippen LogP contribution is 2.65. The Morgan fingerprint density at radius 3 is 1.14 bits per heavy atom. The van der Waals surface area contributed by atoms with Crippen LogP contribution < -0.4 is 18.9 Å². The molecule has 0 aromatic heterocycles. The molecule has 4 heteroatoms. The Kier molecular flexibility index (Phi) is 4.65. The lowest BCUT2D eigenvalue weighted by atomic mass is 9.70. The van der Waals surface area contributed by atoms with E-state index in [1.165, 1.54) is 44.5 Å². The second-order valence-electron chi connectivity index (χ2n) is 9.35. The highest BCUT2D eigenvalue weighted by molar-refractivity contribution is 5.96. The molecule has 0 amide bonds. The molecule has 0 saturated heterocycles. The van der Waals surface area contributed by atoms with Gasteiger partial charge < -0.3 is 18.9 Å². The Morgan fingerprint density at radius 1 is 0.429 bits per heavy atom. The van der Waals surface area contributed by atoms with Gasteiger partial charge in [-0.05, 0) is 82.6 Å². The third-order valence-corrected chi connectivity index (χ3v) is 7.59. The van der Waals surface area contributed by atoms with Crippen molar-refractivity contribution in [2.75, 3.05) is 28.4 Å². The molecule has 4 aromatic rings. The van der Waals surface area contributed by atoms with Gasteiger partial charge in [0.1, 0.15) is 0 Å². The Bertz CT molecular complexity index is 1400. The van der Waals surface area contributed by atoms with E-state index < -0.39 is 5.41 Å². The van der Waals surface area contributed by atoms with E-state index in [0.29, 0.717) is 23.0 Å². The van der Waals surface area contributed by atoms with Crippen molar-refractivity contribution in [2.45, 2.75) is 19.3 Å². The first-order chi connectivity index (χ1) is 17.0.